The van der Waals surface area contributed by atoms with Gasteiger partial charge in [0.1, 0.15) is 0 Å². The van der Waals surface area contributed by atoms with Gasteiger partial charge < -0.3 is 5.32 Å². The van der Waals surface area contributed by atoms with Crippen LogP contribution in [0.4, 0.5) is 11.4 Å². The zero-order valence-corrected chi connectivity index (χ0v) is 19.5. The van der Waals surface area contributed by atoms with Gasteiger partial charge in [-0.05, 0) is 77.1 Å². The molecule has 0 bridgehead atoms. The molecule has 0 radical (unpaired) electrons. The van der Waals surface area contributed by atoms with Crippen LogP contribution in [0.15, 0.2) is 121 Å². The summed E-state index contributed by atoms with van der Waals surface area (Å²) in [5.41, 5.74) is 12.2. The largest absolute Gasteiger partial charge is 0.356 e. The predicted molar refractivity (Wildman–Crippen MR) is 143 cm³/mol. The van der Waals surface area contributed by atoms with E-state index in [1.807, 2.05) is 0 Å². The lowest BCUT2D eigenvalue weighted by molar-refractivity contribution is 0.767. The zero-order chi connectivity index (χ0) is 23.1. The quantitative estimate of drug-likeness (QED) is 0.292. The summed E-state index contributed by atoms with van der Waals surface area (Å²) in [5, 5.41) is 3.64. The number of anilines is 2. The molecule has 5 aromatic rings. The molecule has 0 unspecified atom stereocenters. The van der Waals surface area contributed by atoms with Crippen molar-refractivity contribution in [3.63, 3.8) is 0 Å². The fourth-order valence-corrected chi connectivity index (χ4v) is 5.62. The third-order valence-electron chi connectivity index (χ3n) is 7.01. The fraction of sp³-hybridized carbons (Fsp3) is 0.0909. The molecule has 0 spiro atoms. The lowest BCUT2D eigenvalue weighted by Gasteiger charge is -2.34. The van der Waals surface area contributed by atoms with E-state index in [1.54, 1.807) is 0 Å². The van der Waals surface area contributed by atoms with Gasteiger partial charge in [0.25, 0.3) is 0 Å². The van der Waals surface area contributed by atoms with Gasteiger partial charge in [0.05, 0.1) is 5.41 Å². The Labute approximate surface area is 201 Å². The topological polar surface area (TPSA) is 12.0 Å². The highest BCUT2D eigenvalue weighted by molar-refractivity contribution is 5.86. The van der Waals surface area contributed by atoms with Crippen molar-refractivity contribution in [2.75, 3.05) is 5.32 Å². The number of benzene rings is 5. The van der Waals surface area contributed by atoms with E-state index in [-0.39, 0.29) is 5.41 Å². The van der Waals surface area contributed by atoms with E-state index in [9.17, 15) is 0 Å². The fourth-order valence-electron chi connectivity index (χ4n) is 5.62. The maximum atomic E-state index is 3.64. The Morgan fingerprint density at radius 1 is 0.471 bits per heavy atom. The molecule has 5 aromatic carbocycles. The first-order chi connectivity index (χ1) is 16.7. The average Bonchev–Trinajstić information content (AvgIpc) is 3.16. The second-order valence-corrected chi connectivity index (χ2v) is 9.29. The van der Waals surface area contributed by atoms with E-state index in [0.29, 0.717) is 0 Å². The molecule has 0 atom stereocenters. The van der Waals surface area contributed by atoms with Crippen molar-refractivity contribution in [2.24, 2.45) is 0 Å². The summed E-state index contributed by atoms with van der Waals surface area (Å²) in [4.78, 5) is 0. The molecule has 0 amide bonds. The maximum absolute atomic E-state index is 3.64. The van der Waals surface area contributed by atoms with Crippen molar-refractivity contribution in [3.8, 4) is 11.1 Å². The van der Waals surface area contributed by atoms with Gasteiger partial charge in [0.15, 0.2) is 0 Å². The van der Waals surface area contributed by atoms with E-state index < -0.39 is 0 Å². The molecular weight excluding hydrogens is 410 g/mol. The minimum Gasteiger partial charge on any atom is -0.356 e. The van der Waals surface area contributed by atoms with Crippen molar-refractivity contribution >= 4 is 11.4 Å². The van der Waals surface area contributed by atoms with Crippen LogP contribution in [0.3, 0.4) is 0 Å². The minimum absolute atomic E-state index is 0.372. The molecular formula is C33H27N. The Hall–Kier alpha value is -4.10. The molecule has 1 heteroatoms. The van der Waals surface area contributed by atoms with Crippen LogP contribution in [0.5, 0.6) is 0 Å². The molecule has 0 fully saturated rings. The summed E-state index contributed by atoms with van der Waals surface area (Å²) in [6.07, 6.45) is 0. The summed E-state index contributed by atoms with van der Waals surface area (Å²) in [6, 6.07) is 44.2. The summed E-state index contributed by atoms with van der Waals surface area (Å²) in [7, 11) is 0. The molecule has 1 aliphatic carbocycles. The van der Waals surface area contributed by atoms with E-state index in [1.165, 1.54) is 44.5 Å². The van der Waals surface area contributed by atoms with Crippen LogP contribution in [0.1, 0.15) is 33.4 Å². The Morgan fingerprint density at radius 3 is 1.59 bits per heavy atom. The highest BCUT2D eigenvalue weighted by Crippen LogP contribution is 2.56. The molecule has 6 rings (SSSR count). The zero-order valence-electron chi connectivity index (χ0n) is 19.5. The first-order valence-corrected chi connectivity index (χ1v) is 11.9. The highest BCUT2D eigenvalue weighted by atomic mass is 14.9. The lowest BCUT2D eigenvalue weighted by Crippen LogP contribution is -2.28. The Morgan fingerprint density at radius 2 is 0.971 bits per heavy atom. The van der Waals surface area contributed by atoms with E-state index in [2.05, 4.69) is 140 Å². The maximum Gasteiger partial charge on any atom is 0.0714 e. The highest BCUT2D eigenvalue weighted by Gasteiger charge is 2.45. The van der Waals surface area contributed by atoms with Crippen LogP contribution in [0.25, 0.3) is 11.1 Å². The summed E-state index contributed by atoms with van der Waals surface area (Å²) < 4.78 is 0. The van der Waals surface area contributed by atoms with Crippen molar-refractivity contribution in [2.45, 2.75) is 19.3 Å². The molecule has 1 aliphatic rings. The van der Waals surface area contributed by atoms with Gasteiger partial charge in [-0.2, -0.15) is 0 Å². The number of rotatable bonds is 4. The van der Waals surface area contributed by atoms with Gasteiger partial charge in [-0.25, -0.2) is 0 Å². The van der Waals surface area contributed by atoms with Crippen LogP contribution in [-0.2, 0) is 5.41 Å². The standard InChI is InChI=1S/C33H27N/c1-23-10-7-12-25(20-23)33(31-18-5-3-16-29(31)30-17-4-6-19-32(30)33)26-13-9-15-28(22-26)34-27-14-8-11-24(2)21-27/h3-22,34H,1-2H3. The van der Waals surface area contributed by atoms with Crippen LogP contribution >= 0.6 is 0 Å². The SMILES string of the molecule is Cc1cccc(Nc2cccc(C3(c4cccc(C)c4)c4ccccc4-c4ccccc43)c2)c1. The summed E-state index contributed by atoms with van der Waals surface area (Å²) in [5.74, 6) is 0. The molecule has 34 heavy (non-hydrogen) atoms. The van der Waals surface area contributed by atoms with Crippen LogP contribution in [-0.4, -0.2) is 0 Å². The second kappa shape index (κ2) is 8.04. The Bertz CT molecular complexity index is 1470. The van der Waals surface area contributed by atoms with Gasteiger partial charge in [0, 0.05) is 11.4 Å². The molecule has 164 valence electrons. The normalized spacial score (nSPS) is 13.2. The molecule has 0 aliphatic heterocycles. The molecule has 0 heterocycles. The molecule has 0 aromatic heterocycles. The molecule has 1 nitrogen and oxygen atoms in total. The third-order valence-corrected chi connectivity index (χ3v) is 7.01. The smallest absolute Gasteiger partial charge is 0.0714 e. The number of aryl methyl sites for hydroxylation is 2. The summed E-state index contributed by atoms with van der Waals surface area (Å²) in [6.45, 7) is 4.31. The first kappa shape index (κ1) is 20.5. The van der Waals surface area contributed by atoms with Gasteiger partial charge in [0.2, 0.25) is 0 Å². The van der Waals surface area contributed by atoms with Crippen molar-refractivity contribution in [1.82, 2.24) is 0 Å². The number of hydrogen-bond donors (Lipinski definition) is 1. The van der Waals surface area contributed by atoms with Crippen LogP contribution in [0, 0.1) is 13.8 Å². The van der Waals surface area contributed by atoms with Crippen LogP contribution in [0.2, 0.25) is 0 Å². The molecule has 0 saturated carbocycles. The number of fused-ring (bicyclic) bond motifs is 3. The second-order valence-electron chi connectivity index (χ2n) is 9.29. The summed E-state index contributed by atoms with van der Waals surface area (Å²) >= 11 is 0. The molecule has 1 N–H and O–H groups in total. The van der Waals surface area contributed by atoms with Crippen molar-refractivity contribution in [3.05, 3.63) is 155 Å². The predicted octanol–water partition coefficient (Wildman–Crippen LogP) is 8.41. The lowest BCUT2D eigenvalue weighted by atomic mass is 9.67. The Balaban J connectivity index is 1.62. The van der Waals surface area contributed by atoms with Crippen molar-refractivity contribution in [1.29, 1.82) is 0 Å². The Kier molecular flexibility index (Phi) is 4.85. The van der Waals surface area contributed by atoms with E-state index in [0.717, 1.165) is 11.4 Å². The van der Waals surface area contributed by atoms with E-state index in [4.69, 9.17) is 0 Å². The van der Waals surface area contributed by atoms with Gasteiger partial charge in [-0.15, -0.1) is 0 Å². The first-order valence-electron chi connectivity index (χ1n) is 11.9. The van der Waals surface area contributed by atoms with Gasteiger partial charge >= 0.3 is 0 Å². The monoisotopic (exact) mass is 437 g/mol. The third kappa shape index (κ3) is 3.16. The van der Waals surface area contributed by atoms with Gasteiger partial charge in [-0.1, -0.05) is 103 Å². The van der Waals surface area contributed by atoms with E-state index >= 15 is 0 Å². The van der Waals surface area contributed by atoms with Gasteiger partial charge in [-0.3, -0.25) is 0 Å². The minimum atomic E-state index is -0.372. The molecule has 0 saturated heterocycles. The van der Waals surface area contributed by atoms with Crippen molar-refractivity contribution < 1.29 is 0 Å². The van der Waals surface area contributed by atoms with Crippen LogP contribution < -0.4 is 5.32 Å². The number of nitrogens with one attached hydrogen (secondary N) is 1. The average molecular weight is 438 g/mol. The number of hydrogen-bond acceptors (Lipinski definition) is 1.